The van der Waals surface area contributed by atoms with Gasteiger partial charge in [0.1, 0.15) is 5.82 Å². The summed E-state index contributed by atoms with van der Waals surface area (Å²) in [4.78, 5) is 22.8. The largest absolute Gasteiger partial charge is 0.450 e. The Morgan fingerprint density at radius 2 is 1.90 bits per heavy atom. The molecule has 1 aromatic carbocycles. The first-order valence-corrected chi connectivity index (χ1v) is 6.58. The Labute approximate surface area is 117 Å². The van der Waals surface area contributed by atoms with Crippen molar-refractivity contribution < 1.29 is 18.7 Å². The van der Waals surface area contributed by atoms with Gasteiger partial charge in [-0.2, -0.15) is 0 Å². The van der Waals surface area contributed by atoms with E-state index in [1.165, 1.54) is 18.2 Å². The topological polar surface area (TPSA) is 67.4 Å². The molecule has 0 heterocycles. The summed E-state index contributed by atoms with van der Waals surface area (Å²) in [6, 6.07) is 5.72. The highest BCUT2D eigenvalue weighted by Crippen LogP contribution is 2.05. The van der Waals surface area contributed by atoms with Gasteiger partial charge >= 0.3 is 6.09 Å². The first kappa shape index (κ1) is 15.9. The summed E-state index contributed by atoms with van der Waals surface area (Å²) in [7, 11) is 0. The Morgan fingerprint density at radius 1 is 1.20 bits per heavy atom. The summed E-state index contributed by atoms with van der Waals surface area (Å²) in [6.07, 6.45) is 1.25. The van der Waals surface area contributed by atoms with Crippen LogP contribution in [0.15, 0.2) is 24.3 Å². The summed E-state index contributed by atoms with van der Waals surface area (Å²) >= 11 is 0. The molecular weight excluding hydrogens is 263 g/mol. The van der Waals surface area contributed by atoms with Gasteiger partial charge in [-0.25, -0.2) is 9.18 Å². The SMILES string of the molecule is CCCCOC(=O)NCCNC(=O)c1ccccc1F. The van der Waals surface area contributed by atoms with Crippen molar-refractivity contribution in [1.29, 1.82) is 0 Å². The fourth-order valence-corrected chi connectivity index (χ4v) is 1.44. The summed E-state index contributed by atoms with van der Waals surface area (Å²) < 4.78 is 18.2. The van der Waals surface area contributed by atoms with Gasteiger partial charge in [-0.15, -0.1) is 0 Å². The number of ether oxygens (including phenoxy) is 1. The molecule has 0 atom stereocenters. The number of rotatable bonds is 7. The van der Waals surface area contributed by atoms with Crippen LogP contribution in [0.25, 0.3) is 0 Å². The predicted octanol–water partition coefficient (Wildman–Crippen LogP) is 2.08. The van der Waals surface area contributed by atoms with Crippen molar-refractivity contribution in [1.82, 2.24) is 10.6 Å². The van der Waals surface area contributed by atoms with Crippen molar-refractivity contribution in [3.63, 3.8) is 0 Å². The number of amides is 2. The highest BCUT2D eigenvalue weighted by Gasteiger charge is 2.09. The molecule has 6 heteroatoms. The second-order valence-electron chi connectivity index (χ2n) is 4.15. The van der Waals surface area contributed by atoms with Crippen LogP contribution in [0.1, 0.15) is 30.1 Å². The van der Waals surface area contributed by atoms with E-state index >= 15 is 0 Å². The van der Waals surface area contributed by atoms with Gasteiger partial charge < -0.3 is 15.4 Å². The number of hydrogen-bond acceptors (Lipinski definition) is 3. The van der Waals surface area contributed by atoms with Gasteiger partial charge in [0.25, 0.3) is 5.91 Å². The highest BCUT2D eigenvalue weighted by atomic mass is 19.1. The van der Waals surface area contributed by atoms with Crippen molar-refractivity contribution in [2.24, 2.45) is 0 Å². The lowest BCUT2D eigenvalue weighted by Crippen LogP contribution is -2.35. The Hall–Kier alpha value is -2.11. The van der Waals surface area contributed by atoms with E-state index in [0.29, 0.717) is 6.61 Å². The molecule has 5 nitrogen and oxygen atoms in total. The third-order valence-electron chi connectivity index (χ3n) is 2.53. The number of carbonyl (C=O) groups is 2. The number of alkyl carbamates (subject to hydrolysis) is 1. The number of benzene rings is 1. The maximum absolute atomic E-state index is 13.3. The minimum absolute atomic E-state index is 0.0157. The lowest BCUT2D eigenvalue weighted by atomic mass is 10.2. The van der Waals surface area contributed by atoms with Crippen molar-refractivity contribution in [3.8, 4) is 0 Å². The molecule has 0 saturated carbocycles. The van der Waals surface area contributed by atoms with E-state index in [-0.39, 0.29) is 18.7 Å². The summed E-state index contributed by atoms with van der Waals surface area (Å²) in [6.45, 7) is 2.81. The lowest BCUT2D eigenvalue weighted by Gasteiger charge is -2.08. The average Bonchev–Trinajstić information content (AvgIpc) is 2.44. The van der Waals surface area contributed by atoms with Crippen LogP contribution in [0.4, 0.5) is 9.18 Å². The van der Waals surface area contributed by atoms with Crippen molar-refractivity contribution in [3.05, 3.63) is 35.6 Å². The van der Waals surface area contributed by atoms with E-state index in [2.05, 4.69) is 10.6 Å². The zero-order valence-corrected chi connectivity index (χ0v) is 11.4. The Kier molecular flexibility index (Phi) is 7.10. The minimum atomic E-state index is -0.572. The molecule has 20 heavy (non-hydrogen) atoms. The minimum Gasteiger partial charge on any atom is -0.450 e. The third kappa shape index (κ3) is 5.69. The second-order valence-corrected chi connectivity index (χ2v) is 4.15. The normalized spacial score (nSPS) is 9.90. The van der Waals surface area contributed by atoms with Crippen LogP contribution in [-0.4, -0.2) is 31.7 Å². The standard InChI is InChI=1S/C14H19FN2O3/c1-2-3-10-20-14(19)17-9-8-16-13(18)11-6-4-5-7-12(11)15/h4-7H,2-3,8-10H2,1H3,(H,16,18)(H,17,19). The maximum Gasteiger partial charge on any atom is 0.407 e. The first-order valence-electron chi connectivity index (χ1n) is 6.58. The molecule has 0 aliphatic rings. The molecule has 0 aliphatic carbocycles. The molecule has 110 valence electrons. The van der Waals surface area contributed by atoms with Gasteiger partial charge in [-0.05, 0) is 18.6 Å². The monoisotopic (exact) mass is 282 g/mol. The fraction of sp³-hybridized carbons (Fsp3) is 0.429. The number of unbranched alkanes of at least 4 members (excludes halogenated alkanes) is 1. The molecular formula is C14H19FN2O3. The predicted molar refractivity (Wildman–Crippen MR) is 73.0 cm³/mol. The fourth-order valence-electron chi connectivity index (χ4n) is 1.44. The molecule has 0 fully saturated rings. The number of nitrogens with one attached hydrogen (secondary N) is 2. The van der Waals surface area contributed by atoms with Crippen LogP contribution < -0.4 is 10.6 Å². The van der Waals surface area contributed by atoms with Gasteiger partial charge in [0.05, 0.1) is 12.2 Å². The molecule has 0 spiro atoms. The van der Waals surface area contributed by atoms with Crippen LogP contribution in [0.3, 0.4) is 0 Å². The average molecular weight is 282 g/mol. The van der Waals surface area contributed by atoms with Crippen LogP contribution in [0.2, 0.25) is 0 Å². The van der Waals surface area contributed by atoms with Gasteiger partial charge in [-0.3, -0.25) is 4.79 Å². The van der Waals surface area contributed by atoms with E-state index in [0.717, 1.165) is 12.8 Å². The van der Waals surface area contributed by atoms with Crippen molar-refractivity contribution in [2.45, 2.75) is 19.8 Å². The van der Waals surface area contributed by atoms with Crippen LogP contribution >= 0.6 is 0 Å². The van der Waals surface area contributed by atoms with Crippen molar-refractivity contribution >= 4 is 12.0 Å². The van der Waals surface area contributed by atoms with Crippen LogP contribution in [-0.2, 0) is 4.74 Å². The summed E-state index contributed by atoms with van der Waals surface area (Å²) in [5.74, 6) is -1.08. The van der Waals surface area contributed by atoms with E-state index in [4.69, 9.17) is 4.74 Å². The molecule has 0 unspecified atom stereocenters. The van der Waals surface area contributed by atoms with Gasteiger partial charge in [-0.1, -0.05) is 25.5 Å². The van der Waals surface area contributed by atoms with Crippen LogP contribution in [0, 0.1) is 5.82 Å². The molecule has 0 bridgehead atoms. The highest BCUT2D eigenvalue weighted by molar-refractivity contribution is 5.94. The summed E-state index contributed by atoms with van der Waals surface area (Å²) in [5, 5.41) is 5.01. The number of carbonyl (C=O) groups excluding carboxylic acids is 2. The van der Waals surface area contributed by atoms with Crippen molar-refractivity contribution in [2.75, 3.05) is 19.7 Å². The molecule has 0 radical (unpaired) electrons. The Bertz CT molecular complexity index is 452. The van der Waals surface area contributed by atoms with E-state index in [9.17, 15) is 14.0 Å². The Morgan fingerprint density at radius 3 is 2.60 bits per heavy atom. The zero-order chi connectivity index (χ0) is 14.8. The molecule has 1 aromatic rings. The molecule has 2 N–H and O–H groups in total. The van der Waals surface area contributed by atoms with Gasteiger partial charge in [0.15, 0.2) is 0 Å². The molecule has 0 aliphatic heterocycles. The van der Waals surface area contributed by atoms with E-state index in [1.54, 1.807) is 6.07 Å². The lowest BCUT2D eigenvalue weighted by molar-refractivity contribution is 0.0948. The van der Waals surface area contributed by atoms with E-state index < -0.39 is 17.8 Å². The molecule has 1 rings (SSSR count). The number of halogens is 1. The molecule has 0 saturated heterocycles. The quantitative estimate of drug-likeness (QED) is 0.752. The smallest absolute Gasteiger partial charge is 0.407 e. The zero-order valence-electron chi connectivity index (χ0n) is 11.4. The van der Waals surface area contributed by atoms with Gasteiger partial charge in [0, 0.05) is 13.1 Å². The number of hydrogen-bond donors (Lipinski definition) is 2. The summed E-state index contributed by atoms with van der Waals surface area (Å²) in [5.41, 5.74) is -0.0157. The third-order valence-corrected chi connectivity index (χ3v) is 2.53. The van der Waals surface area contributed by atoms with Crippen LogP contribution in [0.5, 0.6) is 0 Å². The first-order chi connectivity index (χ1) is 9.65. The van der Waals surface area contributed by atoms with E-state index in [1.807, 2.05) is 6.92 Å². The molecule has 2 amide bonds. The maximum atomic E-state index is 13.3. The molecule has 0 aromatic heterocycles. The second kappa shape index (κ2) is 8.90. The Balaban J connectivity index is 2.20. The van der Waals surface area contributed by atoms with Gasteiger partial charge in [0.2, 0.25) is 0 Å².